The lowest BCUT2D eigenvalue weighted by Crippen LogP contribution is -2.20. The molecule has 0 unspecified atom stereocenters. The SMILES string of the molecule is Nc1ccc(C(=O)OCC(=O)Nc2cccc(Br)c2)cc1. The van der Waals surface area contributed by atoms with Crippen molar-refractivity contribution >= 4 is 39.2 Å². The number of carbonyl (C=O) groups is 2. The number of rotatable bonds is 4. The largest absolute Gasteiger partial charge is 0.452 e. The van der Waals surface area contributed by atoms with Crippen LogP contribution in [-0.2, 0) is 9.53 Å². The van der Waals surface area contributed by atoms with Crippen LogP contribution in [0.15, 0.2) is 53.0 Å². The van der Waals surface area contributed by atoms with Crippen molar-refractivity contribution in [2.24, 2.45) is 0 Å². The summed E-state index contributed by atoms with van der Waals surface area (Å²) in [5, 5.41) is 2.63. The summed E-state index contributed by atoms with van der Waals surface area (Å²) in [7, 11) is 0. The second-order valence-corrected chi connectivity index (χ2v) is 5.17. The summed E-state index contributed by atoms with van der Waals surface area (Å²) in [6.07, 6.45) is 0. The number of amides is 1. The second-order valence-electron chi connectivity index (χ2n) is 4.26. The van der Waals surface area contributed by atoms with Crippen LogP contribution >= 0.6 is 15.9 Å². The molecule has 0 aliphatic heterocycles. The molecule has 2 aromatic carbocycles. The topological polar surface area (TPSA) is 81.4 Å². The maximum absolute atomic E-state index is 11.7. The molecule has 2 aromatic rings. The molecule has 0 fully saturated rings. The lowest BCUT2D eigenvalue weighted by atomic mass is 10.2. The highest BCUT2D eigenvalue weighted by Crippen LogP contribution is 2.15. The predicted octanol–water partition coefficient (Wildman–Crippen LogP) is 2.83. The number of anilines is 2. The van der Waals surface area contributed by atoms with Gasteiger partial charge in [0.05, 0.1) is 5.56 Å². The van der Waals surface area contributed by atoms with Gasteiger partial charge in [-0.1, -0.05) is 22.0 Å². The number of nitrogens with one attached hydrogen (secondary N) is 1. The van der Waals surface area contributed by atoms with Crippen molar-refractivity contribution in [2.75, 3.05) is 17.7 Å². The van der Waals surface area contributed by atoms with Gasteiger partial charge in [-0.15, -0.1) is 0 Å². The number of ether oxygens (including phenoxy) is 1. The van der Waals surface area contributed by atoms with Crippen molar-refractivity contribution in [2.45, 2.75) is 0 Å². The Balaban J connectivity index is 1.86. The predicted molar refractivity (Wildman–Crippen MR) is 83.9 cm³/mol. The summed E-state index contributed by atoms with van der Waals surface area (Å²) in [6.45, 7) is -0.351. The average Bonchev–Trinajstić information content (AvgIpc) is 2.45. The third-order valence-electron chi connectivity index (χ3n) is 2.59. The van der Waals surface area contributed by atoms with E-state index < -0.39 is 11.9 Å². The molecule has 0 aromatic heterocycles. The first-order valence-corrected chi connectivity index (χ1v) is 6.92. The standard InChI is InChI=1S/C15H13BrN2O3/c16-11-2-1-3-13(8-11)18-14(19)9-21-15(20)10-4-6-12(17)7-5-10/h1-8H,9,17H2,(H,18,19). The molecule has 2 rings (SSSR count). The van der Waals surface area contributed by atoms with Crippen LogP contribution in [0, 0.1) is 0 Å². The molecule has 0 saturated carbocycles. The minimum Gasteiger partial charge on any atom is -0.452 e. The number of nitrogen functional groups attached to an aromatic ring is 1. The van der Waals surface area contributed by atoms with Gasteiger partial charge in [0.1, 0.15) is 0 Å². The van der Waals surface area contributed by atoms with Crippen LogP contribution in [-0.4, -0.2) is 18.5 Å². The molecule has 108 valence electrons. The highest BCUT2D eigenvalue weighted by Gasteiger charge is 2.10. The molecule has 0 atom stereocenters. The highest BCUT2D eigenvalue weighted by atomic mass is 79.9. The Hall–Kier alpha value is -2.34. The molecule has 3 N–H and O–H groups in total. The second kappa shape index (κ2) is 6.90. The number of hydrogen-bond acceptors (Lipinski definition) is 4. The summed E-state index contributed by atoms with van der Waals surface area (Å²) in [4.78, 5) is 23.4. The molecule has 0 spiro atoms. The molecule has 0 saturated heterocycles. The van der Waals surface area contributed by atoms with E-state index in [0.29, 0.717) is 16.9 Å². The van der Waals surface area contributed by atoms with E-state index in [9.17, 15) is 9.59 Å². The Kier molecular flexibility index (Phi) is 4.94. The van der Waals surface area contributed by atoms with E-state index in [2.05, 4.69) is 21.2 Å². The van der Waals surface area contributed by atoms with E-state index in [1.54, 1.807) is 42.5 Å². The van der Waals surface area contributed by atoms with Crippen LogP contribution < -0.4 is 11.1 Å². The van der Waals surface area contributed by atoms with Crippen LogP contribution in [0.4, 0.5) is 11.4 Å². The van der Waals surface area contributed by atoms with Gasteiger partial charge in [-0.25, -0.2) is 4.79 Å². The lowest BCUT2D eigenvalue weighted by molar-refractivity contribution is -0.119. The van der Waals surface area contributed by atoms with Crippen molar-refractivity contribution in [1.29, 1.82) is 0 Å². The van der Waals surface area contributed by atoms with Crippen LogP contribution in [0.2, 0.25) is 0 Å². The van der Waals surface area contributed by atoms with Gasteiger partial charge in [-0.05, 0) is 42.5 Å². The van der Waals surface area contributed by atoms with Crippen molar-refractivity contribution in [3.05, 3.63) is 58.6 Å². The quantitative estimate of drug-likeness (QED) is 0.657. The third kappa shape index (κ3) is 4.61. The van der Waals surface area contributed by atoms with Crippen LogP contribution in [0.1, 0.15) is 10.4 Å². The molecule has 1 amide bonds. The maximum Gasteiger partial charge on any atom is 0.338 e. The van der Waals surface area contributed by atoms with E-state index in [1.165, 1.54) is 0 Å². The maximum atomic E-state index is 11.7. The first kappa shape index (κ1) is 15.1. The molecular formula is C15H13BrN2O3. The number of hydrogen-bond donors (Lipinski definition) is 2. The summed E-state index contributed by atoms with van der Waals surface area (Å²) in [5.74, 6) is -0.976. The number of esters is 1. The average molecular weight is 349 g/mol. The van der Waals surface area contributed by atoms with Crippen molar-refractivity contribution in [1.82, 2.24) is 0 Å². The van der Waals surface area contributed by atoms with Gasteiger partial charge in [-0.3, -0.25) is 4.79 Å². The normalized spacial score (nSPS) is 9.95. The third-order valence-corrected chi connectivity index (χ3v) is 3.08. The first-order chi connectivity index (χ1) is 10.0. The van der Waals surface area contributed by atoms with Gasteiger partial charge >= 0.3 is 5.97 Å². The molecule has 0 bridgehead atoms. The number of halogens is 1. The molecule has 0 aliphatic rings. The van der Waals surface area contributed by atoms with E-state index in [1.807, 2.05) is 6.07 Å². The summed E-state index contributed by atoms with van der Waals surface area (Å²) in [5.41, 5.74) is 7.05. The number of carbonyl (C=O) groups excluding carboxylic acids is 2. The fraction of sp³-hybridized carbons (Fsp3) is 0.0667. The summed E-state index contributed by atoms with van der Waals surface area (Å²) in [6, 6.07) is 13.4. The van der Waals surface area contributed by atoms with Gasteiger partial charge in [0.15, 0.2) is 6.61 Å². The van der Waals surface area contributed by atoms with Gasteiger partial charge in [0.25, 0.3) is 5.91 Å². The molecule has 5 nitrogen and oxygen atoms in total. The van der Waals surface area contributed by atoms with Gasteiger partial charge in [0, 0.05) is 15.8 Å². The molecule has 21 heavy (non-hydrogen) atoms. The molecule has 0 aliphatic carbocycles. The molecule has 6 heteroatoms. The number of nitrogens with two attached hydrogens (primary N) is 1. The Morgan fingerprint density at radius 3 is 2.52 bits per heavy atom. The highest BCUT2D eigenvalue weighted by molar-refractivity contribution is 9.10. The van der Waals surface area contributed by atoms with Crippen LogP contribution in [0.3, 0.4) is 0 Å². The summed E-state index contributed by atoms with van der Waals surface area (Å²) >= 11 is 3.30. The van der Waals surface area contributed by atoms with Crippen LogP contribution in [0.5, 0.6) is 0 Å². The number of benzene rings is 2. The molecular weight excluding hydrogens is 336 g/mol. The first-order valence-electron chi connectivity index (χ1n) is 6.12. The minimum absolute atomic E-state index is 0.347. The zero-order chi connectivity index (χ0) is 15.2. The molecule has 0 heterocycles. The smallest absolute Gasteiger partial charge is 0.338 e. The van der Waals surface area contributed by atoms with E-state index in [4.69, 9.17) is 10.5 Å². The lowest BCUT2D eigenvalue weighted by Gasteiger charge is -2.07. The van der Waals surface area contributed by atoms with Gasteiger partial charge in [-0.2, -0.15) is 0 Å². The zero-order valence-electron chi connectivity index (χ0n) is 11.0. The van der Waals surface area contributed by atoms with Gasteiger partial charge in [0.2, 0.25) is 0 Å². The molecule has 0 radical (unpaired) electrons. The summed E-state index contributed by atoms with van der Waals surface area (Å²) < 4.78 is 5.78. The Morgan fingerprint density at radius 2 is 1.86 bits per heavy atom. The monoisotopic (exact) mass is 348 g/mol. The Morgan fingerprint density at radius 1 is 1.14 bits per heavy atom. The fourth-order valence-electron chi connectivity index (χ4n) is 1.60. The minimum atomic E-state index is -0.570. The van der Waals surface area contributed by atoms with E-state index in [-0.39, 0.29) is 6.61 Å². The zero-order valence-corrected chi connectivity index (χ0v) is 12.6. The van der Waals surface area contributed by atoms with Crippen molar-refractivity contribution in [3.63, 3.8) is 0 Å². The Labute approximate surface area is 130 Å². The Bertz CT molecular complexity index is 656. The van der Waals surface area contributed by atoms with E-state index >= 15 is 0 Å². The van der Waals surface area contributed by atoms with E-state index in [0.717, 1.165) is 4.47 Å². The van der Waals surface area contributed by atoms with Crippen LogP contribution in [0.25, 0.3) is 0 Å². The van der Waals surface area contributed by atoms with Crippen molar-refractivity contribution < 1.29 is 14.3 Å². The fourth-order valence-corrected chi connectivity index (χ4v) is 2.00. The van der Waals surface area contributed by atoms with Gasteiger partial charge < -0.3 is 15.8 Å². The van der Waals surface area contributed by atoms with Crippen molar-refractivity contribution in [3.8, 4) is 0 Å².